The second kappa shape index (κ2) is 9.43. The SMILES string of the molecule is COc1ccc(Cl)cc1NC(=O)CN1CCN(Cc2ccc3ncccc3c2)CC1. The Kier molecular flexibility index (Phi) is 6.47. The van der Waals surface area contributed by atoms with E-state index in [0.717, 1.165) is 38.2 Å². The van der Waals surface area contributed by atoms with E-state index in [1.807, 2.05) is 12.3 Å². The minimum Gasteiger partial charge on any atom is -0.495 e. The number of anilines is 1. The molecule has 1 aliphatic heterocycles. The van der Waals surface area contributed by atoms with Gasteiger partial charge in [-0.3, -0.25) is 19.6 Å². The standard InChI is InChI=1S/C23H25ClN4O2/c1-30-22-7-5-19(24)14-21(22)26-23(29)16-28-11-9-27(10-12-28)15-17-4-6-20-18(13-17)3-2-8-25-20/h2-8,13-14H,9-12,15-16H2,1H3,(H,26,29). The maximum atomic E-state index is 12.5. The van der Waals surface area contributed by atoms with Gasteiger partial charge < -0.3 is 10.1 Å². The van der Waals surface area contributed by atoms with Crippen LogP contribution in [0, 0.1) is 0 Å². The number of rotatable bonds is 6. The van der Waals surface area contributed by atoms with Gasteiger partial charge in [0.25, 0.3) is 0 Å². The normalized spacial score (nSPS) is 15.3. The molecule has 0 unspecified atom stereocenters. The van der Waals surface area contributed by atoms with Crippen LogP contribution in [0.5, 0.6) is 5.75 Å². The largest absolute Gasteiger partial charge is 0.495 e. The summed E-state index contributed by atoms with van der Waals surface area (Å²) in [4.78, 5) is 21.5. The molecule has 1 amide bonds. The molecule has 2 aromatic carbocycles. The van der Waals surface area contributed by atoms with Crippen LogP contribution in [0.4, 0.5) is 5.69 Å². The van der Waals surface area contributed by atoms with Gasteiger partial charge in [-0.05, 0) is 42.0 Å². The lowest BCUT2D eigenvalue weighted by molar-refractivity contribution is -0.117. The zero-order valence-corrected chi connectivity index (χ0v) is 17.7. The summed E-state index contributed by atoms with van der Waals surface area (Å²) in [6, 6.07) is 15.7. The van der Waals surface area contributed by atoms with Gasteiger partial charge in [0.2, 0.25) is 5.91 Å². The van der Waals surface area contributed by atoms with Crippen LogP contribution >= 0.6 is 11.6 Å². The second-order valence-electron chi connectivity index (χ2n) is 7.48. The monoisotopic (exact) mass is 424 g/mol. The average molecular weight is 425 g/mol. The van der Waals surface area contributed by atoms with Crippen molar-refractivity contribution in [3.63, 3.8) is 0 Å². The smallest absolute Gasteiger partial charge is 0.238 e. The topological polar surface area (TPSA) is 57.7 Å². The van der Waals surface area contributed by atoms with Crippen molar-refractivity contribution in [2.24, 2.45) is 0 Å². The molecule has 2 heterocycles. The first-order valence-electron chi connectivity index (χ1n) is 10.0. The number of hydrogen-bond acceptors (Lipinski definition) is 5. The van der Waals surface area contributed by atoms with Gasteiger partial charge in [-0.15, -0.1) is 0 Å². The third-order valence-electron chi connectivity index (χ3n) is 5.34. The van der Waals surface area contributed by atoms with Crippen LogP contribution < -0.4 is 10.1 Å². The molecule has 0 saturated carbocycles. The molecule has 1 N–H and O–H groups in total. The van der Waals surface area contributed by atoms with E-state index < -0.39 is 0 Å². The number of ether oxygens (including phenoxy) is 1. The quantitative estimate of drug-likeness (QED) is 0.654. The summed E-state index contributed by atoms with van der Waals surface area (Å²) in [5.74, 6) is 0.536. The van der Waals surface area contributed by atoms with Crippen molar-refractivity contribution in [1.82, 2.24) is 14.8 Å². The minimum atomic E-state index is -0.0638. The van der Waals surface area contributed by atoms with Crippen LogP contribution in [0.15, 0.2) is 54.7 Å². The summed E-state index contributed by atoms with van der Waals surface area (Å²) in [6.07, 6.45) is 1.82. The number of halogens is 1. The first kappa shape index (κ1) is 20.6. The third kappa shape index (κ3) is 5.08. The summed E-state index contributed by atoms with van der Waals surface area (Å²) in [6.45, 7) is 4.83. The fraction of sp³-hybridized carbons (Fsp3) is 0.304. The Bertz CT molecular complexity index is 1030. The molecule has 4 rings (SSSR count). The number of amides is 1. The van der Waals surface area contributed by atoms with Crippen molar-refractivity contribution in [1.29, 1.82) is 0 Å². The molecule has 3 aromatic rings. The molecule has 0 radical (unpaired) electrons. The number of hydrogen-bond donors (Lipinski definition) is 1. The molecule has 1 saturated heterocycles. The highest BCUT2D eigenvalue weighted by molar-refractivity contribution is 6.31. The number of nitrogens with zero attached hydrogens (tertiary/aromatic N) is 3. The molecule has 1 aliphatic rings. The Morgan fingerprint density at radius 2 is 1.90 bits per heavy atom. The fourth-order valence-electron chi connectivity index (χ4n) is 3.76. The first-order valence-corrected chi connectivity index (χ1v) is 10.4. The first-order chi connectivity index (χ1) is 14.6. The molecule has 0 aliphatic carbocycles. The van der Waals surface area contributed by atoms with Crippen molar-refractivity contribution in [2.75, 3.05) is 45.2 Å². The molecule has 6 nitrogen and oxygen atoms in total. The van der Waals surface area contributed by atoms with Crippen molar-refractivity contribution in [3.8, 4) is 5.75 Å². The van der Waals surface area contributed by atoms with E-state index in [4.69, 9.17) is 16.3 Å². The van der Waals surface area contributed by atoms with Crippen molar-refractivity contribution >= 4 is 34.1 Å². The Labute approximate surface area is 181 Å². The number of nitrogens with one attached hydrogen (secondary N) is 1. The number of aromatic nitrogens is 1. The van der Waals surface area contributed by atoms with Crippen LogP contribution in [0.25, 0.3) is 10.9 Å². The maximum absolute atomic E-state index is 12.5. The lowest BCUT2D eigenvalue weighted by Crippen LogP contribution is -2.48. The molecule has 1 fully saturated rings. The van der Waals surface area contributed by atoms with E-state index in [2.05, 4.69) is 44.4 Å². The van der Waals surface area contributed by atoms with Gasteiger partial charge in [0.1, 0.15) is 5.75 Å². The summed E-state index contributed by atoms with van der Waals surface area (Å²) in [7, 11) is 1.57. The second-order valence-corrected chi connectivity index (χ2v) is 7.91. The van der Waals surface area contributed by atoms with Crippen molar-refractivity contribution < 1.29 is 9.53 Å². The van der Waals surface area contributed by atoms with Gasteiger partial charge in [-0.2, -0.15) is 0 Å². The fourth-order valence-corrected chi connectivity index (χ4v) is 3.93. The zero-order chi connectivity index (χ0) is 20.9. The average Bonchev–Trinajstić information content (AvgIpc) is 2.75. The number of carbonyl (C=O) groups is 1. The Hall–Kier alpha value is -2.67. The van der Waals surface area contributed by atoms with Crippen LogP contribution in [0.2, 0.25) is 5.02 Å². The highest BCUT2D eigenvalue weighted by Gasteiger charge is 2.20. The number of fused-ring (bicyclic) bond motifs is 1. The third-order valence-corrected chi connectivity index (χ3v) is 5.58. The predicted molar refractivity (Wildman–Crippen MR) is 120 cm³/mol. The molecule has 0 spiro atoms. The van der Waals surface area contributed by atoms with Crippen LogP contribution in [0.1, 0.15) is 5.56 Å². The van der Waals surface area contributed by atoms with E-state index in [1.165, 1.54) is 10.9 Å². The molecule has 30 heavy (non-hydrogen) atoms. The number of carbonyl (C=O) groups excluding carboxylic acids is 1. The molecule has 156 valence electrons. The maximum Gasteiger partial charge on any atom is 0.238 e. The van der Waals surface area contributed by atoms with Crippen LogP contribution in [-0.4, -0.2) is 60.5 Å². The Morgan fingerprint density at radius 3 is 2.70 bits per heavy atom. The molecule has 7 heteroatoms. The molecular weight excluding hydrogens is 400 g/mol. The van der Waals surface area contributed by atoms with E-state index in [1.54, 1.807) is 25.3 Å². The lowest BCUT2D eigenvalue weighted by Gasteiger charge is -2.34. The lowest BCUT2D eigenvalue weighted by atomic mass is 10.1. The van der Waals surface area contributed by atoms with E-state index in [9.17, 15) is 4.79 Å². The summed E-state index contributed by atoms with van der Waals surface area (Å²) >= 11 is 6.04. The number of piperazine rings is 1. The minimum absolute atomic E-state index is 0.0638. The highest BCUT2D eigenvalue weighted by atomic mass is 35.5. The van der Waals surface area contributed by atoms with Gasteiger partial charge in [0, 0.05) is 49.3 Å². The van der Waals surface area contributed by atoms with Crippen molar-refractivity contribution in [2.45, 2.75) is 6.54 Å². The van der Waals surface area contributed by atoms with Gasteiger partial charge in [-0.25, -0.2) is 0 Å². The Morgan fingerprint density at radius 1 is 1.10 bits per heavy atom. The van der Waals surface area contributed by atoms with Gasteiger partial charge >= 0.3 is 0 Å². The van der Waals surface area contributed by atoms with Gasteiger partial charge in [-0.1, -0.05) is 23.7 Å². The highest BCUT2D eigenvalue weighted by Crippen LogP contribution is 2.27. The van der Waals surface area contributed by atoms with E-state index >= 15 is 0 Å². The molecule has 0 bridgehead atoms. The molecule has 0 atom stereocenters. The van der Waals surface area contributed by atoms with E-state index in [-0.39, 0.29) is 5.91 Å². The van der Waals surface area contributed by atoms with Crippen molar-refractivity contribution in [3.05, 3.63) is 65.3 Å². The zero-order valence-electron chi connectivity index (χ0n) is 17.0. The predicted octanol–water partition coefficient (Wildman–Crippen LogP) is 3.65. The summed E-state index contributed by atoms with van der Waals surface area (Å²) in [5, 5.41) is 4.64. The number of pyridine rings is 1. The van der Waals surface area contributed by atoms with Gasteiger partial charge in [0.05, 0.1) is 24.9 Å². The molecule has 1 aromatic heterocycles. The van der Waals surface area contributed by atoms with E-state index in [0.29, 0.717) is 23.0 Å². The van der Waals surface area contributed by atoms with Gasteiger partial charge in [0.15, 0.2) is 0 Å². The molecular formula is C23H25ClN4O2. The summed E-state index contributed by atoms with van der Waals surface area (Å²) in [5.41, 5.74) is 2.91. The summed E-state index contributed by atoms with van der Waals surface area (Å²) < 4.78 is 5.29. The Balaban J connectivity index is 1.28. The van der Waals surface area contributed by atoms with Crippen LogP contribution in [0.3, 0.4) is 0 Å². The number of methoxy groups -OCH3 is 1. The number of benzene rings is 2. The van der Waals surface area contributed by atoms with Crippen LogP contribution in [-0.2, 0) is 11.3 Å².